The Balaban J connectivity index is 2.01. The number of halogens is 3. The summed E-state index contributed by atoms with van der Waals surface area (Å²) in [6.07, 6.45) is 8.25. The molecule has 108 valence electrons. The van der Waals surface area contributed by atoms with E-state index in [-0.39, 0.29) is 5.75 Å². The lowest BCUT2D eigenvalue weighted by molar-refractivity contribution is 0.289. The van der Waals surface area contributed by atoms with Crippen LogP contribution in [-0.4, -0.2) is 11.9 Å². The van der Waals surface area contributed by atoms with E-state index in [1.807, 2.05) is 0 Å². The Hall–Kier alpha value is -0.640. The molecule has 0 bridgehead atoms. The molecule has 0 fully saturated rings. The maximum atomic E-state index is 13.2. The highest BCUT2D eigenvalue weighted by Gasteiger charge is 2.04. The maximum Gasteiger partial charge on any atom is 0.167 e. The van der Waals surface area contributed by atoms with Gasteiger partial charge in [-0.05, 0) is 25.0 Å². The molecule has 0 unspecified atom stereocenters. The van der Waals surface area contributed by atoms with Crippen molar-refractivity contribution in [3.05, 3.63) is 29.8 Å². The van der Waals surface area contributed by atoms with Crippen LogP contribution >= 0.6 is 15.9 Å². The first-order valence-corrected chi connectivity index (χ1v) is 8.00. The zero-order valence-corrected chi connectivity index (χ0v) is 12.7. The number of hydrogen-bond donors (Lipinski definition) is 0. The third-order valence-corrected chi connectivity index (χ3v) is 3.49. The number of benzene rings is 1. The van der Waals surface area contributed by atoms with Crippen molar-refractivity contribution >= 4 is 15.9 Å². The van der Waals surface area contributed by atoms with E-state index in [1.54, 1.807) is 0 Å². The number of rotatable bonds is 10. The molecule has 0 aromatic heterocycles. The van der Waals surface area contributed by atoms with Crippen molar-refractivity contribution in [2.45, 2.75) is 44.9 Å². The molecule has 0 atom stereocenters. The van der Waals surface area contributed by atoms with Gasteiger partial charge in [-0.25, -0.2) is 8.78 Å². The zero-order valence-electron chi connectivity index (χ0n) is 11.1. The molecule has 0 amide bonds. The summed E-state index contributed by atoms with van der Waals surface area (Å²) < 4.78 is 31.2. The predicted octanol–water partition coefficient (Wildman–Crippen LogP) is 5.47. The largest absolute Gasteiger partial charge is 0.491 e. The van der Waals surface area contributed by atoms with E-state index in [4.69, 9.17) is 4.74 Å². The molecule has 1 aromatic rings. The van der Waals surface area contributed by atoms with E-state index in [1.165, 1.54) is 44.2 Å². The standard InChI is InChI=1S/C15H21BrF2O/c16-10-6-4-2-1-3-5-7-11-19-15-9-8-13(17)12-14(15)18/h8-9,12H,1-7,10-11H2. The Labute approximate surface area is 122 Å². The topological polar surface area (TPSA) is 9.23 Å². The first-order chi connectivity index (χ1) is 9.24. The molecule has 0 saturated carbocycles. The van der Waals surface area contributed by atoms with Crippen molar-refractivity contribution in [3.63, 3.8) is 0 Å². The highest BCUT2D eigenvalue weighted by atomic mass is 79.9. The second-order valence-electron chi connectivity index (χ2n) is 4.59. The van der Waals surface area contributed by atoms with Crippen molar-refractivity contribution in [2.75, 3.05) is 11.9 Å². The minimum absolute atomic E-state index is 0.138. The molecule has 1 aromatic carbocycles. The van der Waals surface area contributed by atoms with Crippen LogP contribution in [-0.2, 0) is 0 Å². The summed E-state index contributed by atoms with van der Waals surface area (Å²) >= 11 is 3.41. The first kappa shape index (κ1) is 16.4. The Kier molecular flexibility index (Phi) is 8.80. The van der Waals surface area contributed by atoms with Gasteiger partial charge in [0.15, 0.2) is 11.6 Å². The molecular formula is C15H21BrF2O. The average molecular weight is 335 g/mol. The average Bonchev–Trinajstić information content (AvgIpc) is 2.39. The van der Waals surface area contributed by atoms with Crippen LogP contribution in [0.3, 0.4) is 0 Å². The number of alkyl halides is 1. The van der Waals surface area contributed by atoms with E-state index < -0.39 is 11.6 Å². The summed E-state index contributed by atoms with van der Waals surface area (Å²) in [4.78, 5) is 0. The fourth-order valence-electron chi connectivity index (χ4n) is 1.85. The molecule has 0 aliphatic rings. The van der Waals surface area contributed by atoms with Crippen LogP contribution in [0.2, 0.25) is 0 Å². The van der Waals surface area contributed by atoms with Crippen LogP contribution in [0.15, 0.2) is 18.2 Å². The predicted molar refractivity (Wildman–Crippen MR) is 78.0 cm³/mol. The van der Waals surface area contributed by atoms with Gasteiger partial charge in [0.2, 0.25) is 0 Å². The molecule has 19 heavy (non-hydrogen) atoms. The van der Waals surface area contributed by atoms with Gasteiger partial charge in [-0.3, -0.25) is 0 Å². The van der Waals surface area contributed by atoms with Crippen LogP contribution < -0.4 is 4.74 Å². The van der Waals surface area contributed by atoms with Crippen LogP contribution in [0.4, 0.5) is 8.78 Å². The minimum atomic E-state index is -0.630. The summed E-state index contributed by atoms with van der Waals surface area (Å²) in [6.45, 7) is 0.490. The number of ether oxygens (including phenoxy) is 1. The molecule has 0 spiro atoms. The summed E-state index contributed by atoms with van der Waals surface area (Å²) in [5.74, 6) is -1.07. The van der Waals surface area contributed by atoms with Crippen molar-refractivity contribution in [3.8, 4) is 5.75 Å². The molecule has 0 radical (unpaired) electrons. The van der Waals surface area contributed by atoms with Gasteiger partial charge in [-0.15, -0.1) is 0 Å². The Morgan fingerprint density at radius 2 is 1.53 bits per heavy atom. The molecule has 4 heteroatoms. The highest BCUT2D eigenvalue weighted by Crippen LogP contribution is 2.18. The Morgan fingerprint density at radius 3 is 2.16 bits per heavy atom. The van der Waals surface area contributed by atoms with Gasteiger partial charge in [-0.2, -0.15) is 0 Å². The summed E-state index contributed by atoms with van der Waals surface area (Å²) in [7, 11) is 0. The smallest absolute Gasteiger partial charge is 0.167 e. The van der Waals surface area contributed by atoms with Crippen molar-refractivity contribution in [2.24, 2.45) is 0 Å². The number of unbranched alkanes of at least 4 members (excludes halogenated alkanes) is 6. The van der Waals surface area contributed by atoms with E-state index in [2.05, 4.69) is 15.9 Å². The minimum Gasteiger partial charge on any atom is -0.491 e. The van der Waals surface area contributed by atoms with Gasteiger partial charge in [0, 0.05) is 11.4 Å². The van der Waals surface area contributed by atoms with Crippen LogP contribution in [0.1, 0.15) is 44.9 Å². The van der Waals surface area contributed by atoms with E-state index in [0.717, 1.165) is 24.2 Å². The monoisotopic (exact) mass is 334 g/mol. The Morgan fingerprint density at radius 1 is 0.895 bits per heavy atom. The van der Waals surface area contributed by atoms with Gasteiger partial charge >= 0.3 is 0 Å². The van der Waals surface area contributed by atoms with Crippen LogP contribution in [0.5, 0.6) is 5.75 Å². The maximum absolute atomic E-state index is 13.2. The lowest BCUT2D eigenvalue weighted by Crippen LogP contribution is -1.99. The third kappa shape index (κ3) is 7.51. The molecule has 0 saturated heterocycles. The number of hydrogen-bond acceptors (Lipinski definition) is 1. The first-order valence-electron chi connectivity index (χ1n) is 6.88. The van der Waals surface area contributed by atoms with Crippen molar-refractivity contribution in [1.82, 2.24) is 0 Å². The van der Waals surface area contributed by atoms with E-state index in [0.29, 0.717) is 6.61 Å². The van der Waals surface area contributed by atoms with Gasteiger partial charge in [0.05, 0.1) is 6.61 Å². The highest BCUT2D eigenvalue weighted by molar-refractivity contribution is 9.09. The SMILES string of the molecule is Fc1ccc(OCCCCCCCCCBr)c(F)c1. The molecule has 1 rings (SSSR count). The van der Waals surface area contributed by atoms with E-state index in [9.17, 15) is 8.78 Å². The fraction of sp³-hybridized carbons (Fsp3) is 0.600. The molecule has 0 aliphatic heterocycles. The fourth-order valence-corrected chi connectivity index (χ4v) is 2.25. The van der Waals surface area contributed by atoms with Gasteiger partial charge < -0.3 is 4.74 Å². The van der Waals surface area contributed by atoms with Crippen LogP contribution in [0.25, 0.3) is 0 Å². The molecule has 0 heterocycles. The second kappa shape index (κ2) is 10.2. The van der Waals surface area contributed by atoms with Crippen molar-refractivity contribution < 1.29 is 13.5 Å². The summed E-state index contributed by atoms with van der Waals surface area (Å²) in [5, 5.41) is 1.09. The lowest BCUT2D eigenvalue weighted by Gasteiger charge is -2.07. The molecular weight excluding hydrogens is 314 g/mol. The van der Waals surface area contributed by atoms with Crippen molar-refractivity contribution in [1.29, 1.82) is 0 Å². The van der Waals surface area contributed by atoms with Gasteiger partial charge in [0.25, 0.3) is 0 Å². The quantitative estimate of drug-likeness (QED) is 0.407. The second-order valence-corrected chi connectivity index (χ2v) is 5.38. The van der Waals surface area contributed by atoms with Gasteiger partial charge in [0.1, 0.15) is 5.82 Å². The normalized spacial score (nSPS) is 10.7. The molecule has 0 N–H and O–H groups in total. The Bertz CT molecular complexity index is 358. The van der Waals surface area contributed by atoms with Crippen LogP contribution in [0, 0.1) is 11.6 Å². The molecule has 0 aliphatic carbocycles. The zero-order chi connectivity index (χ0) is 13.9. The molecule has 1 nitrogen and oxygen atoms in total. The third-order valence-electron chi connectivity index (χ3n) is 2.93. The summed E-state index contributed by atoms with van der Waals surface area (Å²) in [5.41, 5.74) is 0. The summed E-state index contributed by atoms with van der Waals surface area (Å²) in [6, 6.07) is 3.40. The lowest BCUT2D eigenvalue weighted by atomic mass is 10.1. The van der Waals surface area contributed by atoms with E-state index >= 15 is 0 Å². The van der Waals surface area contributed by atoms with Gasteiger partial charge in [-0.1, -0.05) is 48.0 Å².